The molecule has 1 amide bonds. The molecule has 0 saturated heterocycles. The van der Waals surface area contributed by atoms with E-state index in [0.717, 1.165) is 23.6 Å². The first-order valence-electron chi connectivity index (χ1n) is 9.75. The van der Waals surface area contributed by atoms with E-state index in [1.165, 1.54) is 5.56 Å². The van der Waals surface area contributed by atoms with E-state index < -0.39 is 0 Å². The highest BCUT2D eigenvalue weighted by Crippen LogP contribution is 2.33. The number of hydrogen-bond donors (Lipinski definition) is 1. The van der Waals surface area contributed by atoms with E-state index >= 15 is 0 Å². The Morgan fingerprint density at radius 2 is 1.93 bits per heavy atom. The van der Waals surface area contributed by atoms with Crippen LogP contribution in [-0.2, 0) is 4.79 Å². The van der Waals surface area contributed by atoms with E-state index in [0.29, 0.717) is 5.75 Å². The molecule has 3 aromatic rings. The van der Waals surface area contributed by atoms with E-state index in [9.17, 15) is 4.79 Å². The number of ether oxygens (including phenoxy) is 1. The van der Waals surface area contributed by atoms with Crippen LogP contribution in [0.25, 0.3) is 5.82 Å². The molecule has 1 aliphatic rings. The summed E-state index contributed by atoms with van der Waals surface area (Å²) in [5, 5.41) is 7.72. The van der Waals surface area contributed by atoms with Crippen molar-refractivity contribution in [2.24, 2.45) is 0 Å². The number of rotatable bonds is 6. The molecule has 6 heteroatoms. The molecule has 1 N–H and O–H groups in total. The molecule has 1 aromatic carbocycles. The van der Waals surface area contributed by atoms with Crippen LogP contribution in [0, 0.1) is 13.8 Å². The summed E-state index contributed by atoms with van der Waals surface area (Å²) in [6.45, 7) is 4.10. The molecule has 4 rings (SSSR count). The fourth-order valence-corrected chi connectivity index (χ4v) is 3.83. The molecule has 0 bridgehead atoms. The standard InChI is InChI=1S/C23H24N4O2/c1-16-23(17(2)27(26-16)21-10-6-7-13-24-21)18-11-12-19(14-18)25-22(28)15-29-20-8-4-3-5-9-20/h3-13,18-19H,14-15H2,1-2H3,(H,25,28)/t18-,19+/m0/s1. The lowest BCUT2D eigenvalue weighted by Gasteiger charge is -2.15. The summed E-state index contributed by atoms with van der Waals surface area (Å²) in [5.41, 5.74) is 3.27. The number of carbonyl (C=O) groups excluding carboxylic acids is 1. The quantitative estimate of drug-likeness (QED) is 0.657. The maximum atomic E-state index is 12.2. The minimum atomic E-state index is -0.123. The van der Waals surface area contributed by atoms with Crippen LogP contribution in [-0.4, -0.2) is 33.3 Å². The van der Waals surface area contributed by atoms with Crippen molar-refractivity contribution in [2.45, 2.75) is 32.2 Å². The van der Waals surface area contributed by atoms with Crippen LogP contribution in [0.15, 0.2) is 66.9 Å². The zero-order valence-electron chi connectivity index (χ0n) is 16.6. The van der Waals surface area contributed by atoms with E-state index in [1.807, 2.05) is 60.1 Å². The van der Waals surface area contributed by atoms with Gasteiger partial charge < -0.3 is 10.1 Å². The molecule has 2 aromatic heterocycles. The fourth-order valence-electron chi connectivity index (χ4n) is 3.83. The molecule has 0 fully saturated rings. The van der Waals surface area contributed by atoms with Crippen molar-refractivity contribution >= 4 is 5.91 Å². The smallest absolute Gasteiger partial charge is 0.258 e. The van der Waals surface area contributed by atoms with Crippen molar-refractivity contribution in [3.63, 3.8) is 0 Å². The summed E-state index contributed by atoms with van der Waals surface area (Å²) in [5.74, 6) is 1.59. The molecular weight excluding hydrogens is 364 g/mol. The summed E-state index contributed by atoms with van der Waals surface area (Å²) in [7, 11) is 0. The Labute approximate surface area is 170 Å². The van der Waals surface area contributed by atoms with Crippen molar-refractivity contribution in [1.29, 1.82) is 0 Å². The monoisotopic (exact) mass is 388 g/mol. The average molecular weight is 388 g/mol. The highest BCUT2D eigenvalue weighted by molar-refractivity contribution is 5.78. The highest BCUT2D eigenvalue weighted by atomic mass is 16.5. The van der Waals surface area contributed by atoms with Gasteiger partial charge in [0.1, 0.15) is 5.75 Å². The van der Waals surface area contributed by atoms with Gasteiger partial charge in [0, 0.05) is 29.4 Å². The SMILES string of the molecule is Cc1nn(-c2ccccn2)c(C)c1[C@H]1C=C[C@@H](NC(=O)COc2ccccc2)C1. The molecule has 0 radical (unpaired) electrons. The number of carbonyl (C=O) groups is 1. The summed E-state index contributed by atoms with van der Waals surface area (Å²) < 4.78 is 7.41. The second-order valence-electron chi connectivity index (χ2n) is 7.19. The fraction of sp³-hybridized carbons (Fsp3) is 0.261. The van der Waals surface area contributed by atoms with Gasteiger partial charge in [-0.1, -0.05) is 36.4 Å². The average Bonchev–Trinajstić information content (AvgIpc) is 3.31. The first-order valence-corrected chi connectivity index (χ1v) is 9.75. The summed E-state index contributed by atoms with van der Waals surface area (Å²) in [6, 6.07) is 15.1. The summed E-state index contributed by atoms with van der Waals surface area (Å²) >= 11 is 0. The number of para-hydroxylation sites is 1. The molecule has 0 spiro atoms. The van der Waals surface area contributed by atoms with Gasteiger partial charge in [-0.25, -0.2) is 9.67 Å². The lowest BCUT2D eigenvalue weighted by molar-refractivity contribution is -0.123. The number of amides is 1. The Morgan fingerprint density at radius 1 is 1.14 bits per heavy atom. The van der Waals surface area contributed by atoms with Crippen molar-refractivity contribution in [3.05, 3.63) is 83.8 Å². The van der Waals surface area contributed by atoms with Gasteiger partial charge in [-0.15, -0.1) is 0 Å². The summed E-state index contributed by atoms with van der Waals surface area (Å²) in [6.07, 6.45) is 6.79. The van der Waals surface area contributed by atoms with Gasteiger partial charge in [0.2, 0.25) is 0 Å². The number of allylic oxidation sites excluding steroid dienone is 1. The van der Waals surface area contributed by atoms with E-state index in [4.69, 9.17) is 4.74 Å². The van der Waals surface area contributed by atoms with Crippen LogP contribution < -0.4 is 10.1 Å². The minimum absolute atomic E-state index is 0.00862. The third-order valence-electron chi connectivity index (χ3n) is 5.13. The molecule has 0 unspecified atom stereocenters. The first kappa shape index (κ1) is 18.9. The Bertz CT molecular complexity index is 1010. The Hall–Kier alpha value is -3.41. The number of nitrogens with zero attached hydrogens (tertiary/aromatic N) is 3. The molecule has 29 heavy (non-hydrogen) atoms. The Morgan fingerprint density at radius 3 is 2.69 bits per heavy atom. The third kappa shape index (κ3) is 4.21. The molecule has 2 heterocycles. The Balaban J connectivity index is 1.38. The van der Waals surface area contributed by atoms with Crippen LogP contribution in [0.2, 0.25) is 0 Å². The zero-order chi connectivity index (χ0) is 20.2. The van der Waals surface area contributed by atoms with Crippen molar-refractivity contribution in [2.75, 3.05) is 6.61 Å². The normalized spacial score (nSPS) is 18.0. The predicted molar refractivity (Wildman–Crippen MR) is 111 cm³/mol. The number of benzene rings is 1. The van der Waals surface area contributed by atoms with Crippen LogP contribution >= 0.6 is 0 Å². The number of pyridine rings is 1. The van der Waals surface area contributed by atoms with Crippen molar-refractivity contribution in [1.82, 2.24) is 20.1 Å². The molecule has 2 atom stereocenters. The largest absolute Gasteiger partial charge is 0.484 e. The maximum Gasteiger partial charge on any atom is 0.258 e. The van der Waals surface area contributed by atoms with Gasteiger partial charge in [0.05, 0.1) is 5.69 Å². The third-order valence-corrected chi connectivity index (χ3v) is 5.13. The second kappa shape index (κ2) is 8.31. The van der Waals surface area contributed by atoms with E-state index in [2.05, 4.69) is 34.5 Å². The number of aromatic nitrogens is 3. The molecule has 0 saturated carbocycles. The number of aryl methyl sites for hydroxylation is 1. The van der Waals surface area contributed by atoms with Gasteiger partial charge in [-0.3, -0.25) is 4.79 Å². The van der Waals surface area contributed by atoms with Crippen molar-refractivity contribution in [3.8, 4) is 11.6 Å². The topological polar surface area (TPSA) is 69.0 Å². The Kier molecular flexibility index (Phi) is 5.42. The van der Waals surface area contributed by atoms with Crippen LogP contribution in [0.3, 0.4) is 0 Å². The minimum Gasteiger partial charge on any atom is -0.484 e. The van der Waals surface area contributed by atoms with Gasteiger partial charge in [-0.2, -0.15) is 5.10 Å². The van der Waals surface area contributed by atoms with Crippen LogP contribution in [0.1, 0.15) is 29.3 Å². The zero-order valence-corrected chi connectivity index (χ0v) is 16.6. The molecule has 148 valence electrons. The number of nitrogens with one attached hydrogen (secondary N) is 1. The maximum absolute atomic E-state index is 12.2. The van der Waals surface area contributed by atoms with Gasteiger partial charge >= 0.3 is 0 Å². The van der Waals surface area contributed by atoms with Gasteiger partial charge in [0.15, 0.2) is 12.4 Å². The van der Waals surface area contributed by atoms with Gasteiger partial charge in [0.25, 0.3) is 5.91 Å². The molecular formula is C23H24N4O2. The summed E-state index contributed by atoms with van der Waals surface area (Å²) in [4.78, 5) is 16.6. The second-order valence-corrected chi connectivity index (χ2v) is 7.19. The first-order chi connectivity index (χ1) is 14.1. The molecule has 0 aliphatic heterocycles. The molecule has 6 nitrogen and oxygen atoms in total. The van der Waals surface area contributed by atoms with Crippen LogP contribution in [0.5, 0.6) is 5.75 Å². The van der Waals surface area contributed by atoms with Crippen molar-refractivity contribution < 1.29 is 9.53 Å². The lowest BCUT2D eigenvalue weighted by Crippen LogP contribution is -2.36. The van der Waals surface area contributed by atoms with Gasteiger partial charge in [-0.05, 0) is 44.5 Å². The number of hydrogen-bond acceptors (Lipinski definition) is 4. The van der Waals surface area contributed by atoms with Crippen LogP contribution in [0.4, 0.5) is 0 Å². The lowest BCUT2D eigenvalue weighted by atomic mass is 9.96. The molecule has 1 aliphatic carbocycles. The van der Waals surface area contributed by atoms with E-state index in [-0.39, 0.29) is 24.5 Å². The predicted octanol–water partition coefficient (Wildman–Crippen LogP) is 3.49. The highest BCUT2D eigenvalue weighted by Gasteiger charge is 2.27. The van der Waals surface area contributed by atoms with E-state index in [1.54, 1.807) is 6.20 Å².